The molecule has 160 valence electrons. The Hall–Kier alpha value is -0.890. The molecule has 3 rings (SSSR count). The average Bonchev–Trinajstić information content (AvgIpc) is 2.69. The van der Waals surface area contributed by atoms with E-state index in [1.807, 2.05) is 0 Å². The first-order valence-corrected chi connectivity index (χ1v) is 9.59. The SMILES string of the molecule is Cc1cccc(C(CNC(=O)C2(CN)CCOCC2)N2CCOCC2)c1.Cl.Cl. The number of ether oxygens (including phenoxy) is 2. The van der Waals surface area contributed by atoms with Crippen LogP contribution in [0, 0.1) is 12.3 Å². The molecular weight excluding hydrogens is 401 g/mol. The number of carbonyl (C=O) groups excluding carboxylic acids is 1. The van der Waals surface area contributed by atoms with Crippen molar-refractivity contribution >= 4 is 30.7 Å². The Morgan fingerprint density at radius 2 is 1.82 bits per heavy atom. The van der Waals surface area contributed by atoms with E-state index in [9.17, 15) is 4.79 Å². The second-order valence-corrected chi connectivity index (χ2v) is 7.39. The predicted molar refractivity (Wildman–Crippen MR) is 115 cm³/mol. The van der Waals surface area contributed by atoms with E-state index >= 15 is 0 Å². The standard InChI is InChI=1S/C20H31N3O3.2ClH/c1-16-3-2-4-17(13-16)18(23-7-11-26-12-8-23)14-22-19(24)20(15-21)5-9-25-10-6-20;;/h2-4,13,18H,5-12,14-15,21H2,1H3,(H,22,24);2*1H. The molecule has 1 aromatic rings. The molecule has 2 aliphatic rings. The Labute approximate surface area is 180 Å². The average molecular weight is 434 g/mol. The van der Waals surface area contributed by atoms with Crippen LogP contribution in [0.3, 0.4) is 0 Å². The van der Waals surface area contributed by atoms with Gasteiger partial charge in [0.25, 0.3) is 0 Å². The van der Waals surface area contributed by atoms with Gasteiger partial charge in [0.05, 0.1) is 24.7 Å². The molecule has 0 aliphatic carbocycles. The van der Waals surface area contributed by atoms with E-state index in [1.165, 1.54) is 11.1 Å². The van der Waals surface area contributed by atoms with Gasteiger partial charge in [-0.1, -0.05) is 29.8 Å². The van der Waals surface area contributed by atoms with Crippen molar-refractivity contribution in [2.24, 2.45) is 11.1 Å². The van der Waals surface area contributed by atoms with Crippen LogP contribution in [-0.2, 0) is 14.3 Å². The summed E-state index contributed by atoms with van der Waals surface area (Å²) >= 11 is 0. The number of halogens is 2. The predicted octanol–water partition coefficient (Wildman–Crippen LogP) is 2.08. The molecule has 2 fully saturated rings. The Bertz CT molecular complexity index is 606. The topological polar surface area (TPSA) is 76.8 Å². The van der Waals surface area contributed by atoms with E-state index in [1.54, 1.807) is 0 Å². The molecule has 28 heavy (non-hydrogen) atoms. The molecule has 3 N–H and O–H groups in total. The highest BCUT2D eigenvalue weighted by Crippen LogP contribution is 2.30. The Balaban J connectivity index is 0.00000196. The Morgan fingerprint density at radius 1 is 1.18 bits per heavy atom. The van der Waals surface area contributed by atoms with Crippen LogP contribution < -0.4 is 11.1 Å². The minimum Gasteiger partial charge on any atom is -0.381 e. The van der Waals surface area contributed by atoms with Crippen LogP contribution in [0.15, 0.2) is 24.3 Å². The molecule has 1 atom stereocenters. The van der Waals surface area contributed by atoms with Crippen LogP contribution in [-0.4, -0.2) is 63.4 Å². The number of nitrogens with two attached hydrogens (primary N) is 1. The highest BCUT2D eigenvalue weighted by atomic mass is 35.5. The van der Waals surface area contributed by atoms with Crippen LogP contribution in [0.5, 0.6) is 0 Å². The van der Waals surface area contributed by atoms with Crippen molar-refractivity contribution < 1.29 is 14.3 Å². The molecule has 0 aromatic heterocycles. The molecular formula is C20H33Cl2N3O3. The van der Waals surface area contributed by atoms with Gasteiger partial charge in [-0.3, -0.25) is 9.69 Å². The quantitative estimate of drug-likeness (QED) is 0.717. The molecule has 0 bridgehead atoms. The first kappa shape index (κ1) is 25.1. The maximum absolute atomic E-state index is 12.9. The summed E-state index contributed by atoms with van der Waals surface area (Å²) in [6.07, 6.45) is 1.39. The maximum Gasteiger partial charge on any atom is 0.227 e. The fourth-order valence-corrected chi connectivity index (χ4v) is 3.89. The summed E-state index contributed by atoms with van der Waals surface area (Å²) in [5, 5.41) is 3.20. The van der Waals surface area contributed by atoms with Gasteiger partial charge in [-0.25, -0.2) is 0 Å². The molecule has 2 heterocycles. The molecule has 0 spiro atoms. The summed E-state index contributed by atoms with van der Waals surface area (Å²) in [5.41, 5.74) is 7.96. The minimum atomic E-state index is -0.486. The van der Waals surface area contributed by atoms with Gasteiger partial charge >= 0.3 is 0 Å². The number of carbonyl (C=O) groups is 1. The number of nitrogens with zero attached hydrogens (tertiary/aromatic N) is 1. The van der Waals surface area contributed by atoms with Crippen LogP contribution in [0.1, 0.15) is 30.0 Å². The van der Waals surface area contributed by atoms with E-state index in [-0.39, 0.29) is 36.8 Å². The molecule has 1 aromatic carbocycles. The van der Waals surface area contributed by atoms with Crippen LogP contribution in [0.2, 0.25) is 0 Å². The highest BCUT2D eigenvalue weighted by molar-refractivity contribution is 5.85. The lowest BCUT2D eigenvalue weighted by Gasteiger charge is -2.37. The first-order valence-electron chi connectivity index (χ1n) is 9.59. The first-order chi connectivity index (χ1) is 12.6. The number of nitrogens with one attached hydrogen (secondary N) is 1. The van der Waals surface area contributed by atoms with Gasteiger partial charge in [-0.15, -0.1) is 24.8 Å². The zero-order chi connectivity index (χ0) is 18.4. The number of aryl methyl sites for hydroxylation is 1. The van der Waals surface area contributed by atoms with Gasteiger partial charge in [-0.2, -0.15) is 0 Å². The Kier molecular flexibility index (Phi) is 10.7. The number of benzene rings is 1. The molecule has 1 amide bonds. The smallest absolute Gasteiger partial charge is 0.227 e. The third-order valence-electron chi connectivity index (χ3n) is 5.69. The van der Waals surface area contributed by atoms with Crippen molar-refractivity contribution in [1.82, 2.24) is 10.2 Å². The number of amides is 1. The number of hydrogen-bond donors (Lipinski definition) is 2. The third kappa shape index (κ3) is 6.05. The third-order valence-corrected chi connectivity index (χ3v) is 5.69. The van der Waals surface area contributed by atoms with Gasteiger partial charge in [0, 0.05) is 39.4 Å². The van der Waals surface area contributed by atoms with Crippen molar-refractivity contribution in [3.8, 4) is 0 Å². The summed E-state index contributed by atoms with van der Waals surface area (Å²) in [5.74, 6) is 0.0641. The number of hydrogen-bond acceptors (Lipinski definition) is 5. The molecule has 8 heteroatoms. The van der Waals surface area contributed by atoms with Crippen LogP contribution in [0.4, 0.5) is 0 Å². The lowest BCUT2D eigenvalue weighted by atomic mass is 9.79. The number of rotatable bonds is 6. The molecule has 1 unspecified atom stereocenters. The monoisotopic (exact) mass is 433 g/mol. The lowest BCUT2D eigenvalue weighted by Crippen LogP contribution is -2.51. The van der Waals surface area contributed by atoms with Gasteiger partial charge in [-0.05, 0) is 25.3 Å². The van der Waals surface area contributed by atoms with Gasteiger partial charge in [0.2, 0.25) is 5.91 Å². The van der Waals surface area contributed by atoms with Crippen molar-refractivity contribution in [2.45, 2.75) is 25.8 Å². The maximum atomic E-state index is 12.9. The van der Waals surface area contributed by atoms with Gasteiger partial charge < -0.3 is 20.5 Å². The fourth-order valence-electron chi connectivity index (χ4n) is 3.89. The minimum absolute atomic E-state index is 0. The zero-order valence-corrected chi connectivity index (χ0v) is 18.2. The summed E-state index contributed by atoms with van der Waals surface area (Å²) in [4.78, 5) is 15.3. The second kappa shape index (κ2) is 12.0. The molecule has 2 saturated heterocycles. The summed E-state index contributed by atoms with van der Waals surface area (Å²) in [6.45, 7) is 7.50. The van der Waals surface area contributed by atoms with E-state index in [4.69, 9.17) is 15.2 Å². The van der Waals surface area contributed by atoms with Crippen molar-refractivity contribution in [2.75, 3.05) is 52.6 Å². The van der Waals surface area contributed by atoms with E-state index in [0.717, 1.165) is 26.3 Å². The van der Waals surface area contributed by atoms with E-state index in [2.05, 4.69) is 41.4 Å². The van der Waals surface area contributed by atoms with Crippen LogP contribution >= 0.6 is 24.8 Å². The highest BCUT2D eigenvalue weighted by Gasteiger charge is 2.39. The molecule has 2 aliphatic heterocycles. The second-order valence-electron chi connectivity index (χ2n) is 7.39. The van der Waals surface area contributed by atoms with E-state index < -0.39 is 5.41 Å². The fraction of sp³-hybridized carbons (Fsp3) is 0.650. The van der Waals surface area contributed by atoms with Gasteiger partial charge in [0.1, 0.15) is 0 Å². The summed E-state index contributed by atoms with van der Waals surface area (Å²) < 4.78 is 10.9. The molecule has 6 nitrogen and oxygen atoms in total. The van der Waals surface area contributed by atoms with Gasteiger partial charge in [0.15, 0.2) is 0 Å². The van der Waals surface area contributed by atoms with E-state index in [0.29, 0.717) is 39.1 Å². The normalized spacial score (nSPS) is 20.4. The lowest BCUT2D eigenvalue weighted by molar-refractivity contribution is -0.136. The largest absolute Gasteiger partial charge is 0.381 e. The Morgan fingerprint density at radius 3 is 2.43 bits per heavy atom. The van der Waals surface area contributed by atoms with Crippen molar-refractivity contribution in [1.29, 1.82) is 0 Å². The zero-order valence-electron chi connectivity index (χ0n) is 16.5. The van der Waals surface area contributed by atoms with Crippen molar-refractivity contribution in [3.05, 3.63) is 35.4 Å². The summed E-state index contributed by atoms with van der Waals surface area (Å²) in [6, 6.07) is 8.69. The molecule has 0 saturated carbocycles. The summed E-state index contributed by atoms with van der Waals surface area (Å²) in [7, 11) is 0. The van der Waals surface area contributed by atoms with Crippen LogP contribution in [0.25, 0.3) is 0 Å². The number of morpholine rings is 1. The van der Waals surface area contributed by atoms with Crippen molar-refractivity contribution in [3.63, 3.8) is 0 Å². The molecule has 0 radical (unpaired) electrons.